The Balaban J connectivity index is 1.48. The zero-order valence-electron chi connectivity index (χ0n) is 22.4. The van der Waals surface area contributed by atoms with Crippen molar-refractivity contribution in [2.24, 2.45) is 5.41 Å². The monoisotopic (exact) mass is 677 g/mol. The molecule has 1 fully saturated rings. The van der Waals surface area contributed by atoms with Crippen molar-refractivity contribution in [3.05, 3.63) is 79.5 Å². The van der Waals surface area contributed by atoms with Crippen molar-refractivity contribution in [1.29, 1.82) is 0 Å². The second-order valence-electron chi connectivity index (χ2n) is 10.5. The molecular formula is C29H26BrCl2N3O7. The number of amides is 1. The molecule has 2 aromatic rings. The summed E-state index contributed by atoms with van der Waals surface area (Å²) in [4.78, 5) is 56.7. The summed E-state index contributed by atoms with van der Waals surface area (Å²) in [5.41, 5.74) is -1.11. The second kappa shape index (κ2) is 11.7. The minimum atomic E-state index is -2.23. The maximum Gasteiger partial charge on any atom is 0.338 e. The molecular weight excluding hydrogens is 653 g/mol. The van der Waals surface area contributed by atoms with Crippen LogP contribution in [0.15, 0.2) is 52.8 Å². The molecule has 0 bridgehead atoms. The van der Waals surface area contributed by atoms with Gasteiger partial charge in [-0.3, -0.25) is 19.4 Å². The Hall–Kier alpha value is -3.41. The van der Waals surface area contributed by atoms with Crippen LogP contribution in [0.1, 0.15) is 53.6 Å². The van der Waals surface area contributed by atoms with Gasteiger partial charge in [0.15, 0.2) is 5.78 Å². The highest BCUT2D eigenvalue weighted by molar-refractivity contribution is 9.12. The van der Waals surface area contributed by atoms with Crippen LogP contribution in [0.4, 0.5) is 5.69 Å². The number of nitrogens with zero attached hydrogens (tertiary/aromatic N) is 1. The number of aryl methyl sites for hydroxylation is 1. The molecule has 1 atom stereocenters. The number of pyridine rings is 1. The van der Waals surface area contributed by atoms with Gasteiger partial charge >= 0.3 is 5.97 Å². The van der Waals surface area contributed by atoms with Gasteiger partial charge in [-0.2, -0.15) is 0 Å². The van der Waals surface area contributed by atoms with Crippen LogP contribution in [-0.4, -0.2) is 45.9 Å². The molecule has 1 amide bonds. The van der Waals surface area contributed by atoms with E-state index in [2.05, 4.69) is 31.5 Å². The molecule has 10 nitrogen and oxygen atoms in total. The van der Waals surface area contributed by atoms with E-state index in [1.54, 1.807) is 25.1 Å². The topological polar surface area (TPSA) is 144 Å². The highest BCUT2D eigenvalue weighted by atomic mass is 79.9. The lowest BCUT2D eigenvalue weighted by molar-refractivity contribution is -0.150. The van der Waals surface area contributed by atoms with Crippen molar-refractivity contribution in [2.75, 3.05) is 12.1 Å². The van der Waals surface area contributed by atoms with Crippen LogP contribution in [0.2, 0.25) is 10.0 Å². The number of carboxylic acids is 1. The average molecular weight is 679 g/mol. The van der Waals surface area contributed by atoms with E-state index in [-0.39, 0.29) is 44.8 Å². The quantitative estimate of drug-likeness (QED) is 0.295. The van der Waals surface area contributed by atoms with E-state index < -0.39 is 28.6 Å². The largest absolute Gasteiger partial charge is 0.479 e. The fraction of sp³-hybridized carbons (Fsp3) is 0.345. The third kappa shape index (κ3) is 5.18. The molecule has 1 saturated carbocycles. The fourth-order valence-corrected chi connectivity index (χ4v) is 7.07. The highest BCUT2D eigenvalue weighted by Gasteiger charge is 2.58. The number of hydrogen-bond acceptors (Lipinski definition) is 8. The minimum Gasteiger partial charge on any atom is -0.479 e. The number of anilines is 1. The molecule has 0 unspecified atom stereocenters. The van der Waals surface area contributed by atoms with Gasteiger partial charge in [-0.15, -0.1) is 0 Å². The number of ketones is 2. The van der Waals surface area contributed by atoms with Crippen LogP contribution in [0.25, 0.3) is 0 Å². The Morgan fingerprint density at radius 1 is 1.14 bits per heavy atom. The molecule has 1 aromatic carbocycles. The number of rotatable bonds is 9. The molecule has 5 rings (SSSR count). The summed E-state index contributed by atoms with van der Waals surface area (Å²) in [6.07, 6.45) is 7.14. The van der Waals surface area contributed by atoms with E-state index in [9.17, 15) is 24.3 Å². The number of carbonyl (C=O) groups excluding carboxylic acids is 3. The van der Waals surface area contributed by atoms with Crippen LogP contribution in [-0.2, 0) is 30.3 Å². The molecule has 1 spiro atoms. The number of benzene rings is 1. The molecule has 0 radical (unpaired) electrons. The van der Waals surface area contributed by atoms with Gasteiger partial charge in [0, 0.05) is 30.2 Å². The summed E-state index contributed by atoms with van der Waals surface area (Å²) in [6, 6.07) is 4.88. The number of carboxylic acid groups (broad SMARTS) is 1. The lowest BCUT2D eigenvalue weighted by Crippen LogP contribution is -2.64. The van der Waals surface area contributed by atoms with Crippen molar-refractivity contribution in [2.45, 2.75) is 51.0 Å². The Morgan fingerprint density at radius 3 is 2.43 bits per heavy atom. The number of aromatic nitrogens is 1. The van der Waals surface area contributed by atoms with Crippen molar-refractivity contribution < 1.29 is 33.8 Å². The van der Waals surface area contributed by atoms with E-state index >= 15 is 0 Å². The predicted octanol–water partition coefficient (Wildman–Crippen LogP) is 5.46. The molecule has 2 heterocycles. The molecule has 1 aliphatic heterocycles. The summed E-state index contributed by atoms with van der Waals surface area (Å²) in [7, 11) is 0. The number of halogens is 3. The molecule has 0 saturated heterocycles. The van der Waals surface area contributed by atoms with E-state index in [4.69, 9.17) is 32.7 Å². The molecule has 13 heteroatoms. The normalized spacial score (nSPS) is 18.8. The maximum atomic E-state index is 13.8. The van der Waals surface area contributed by atoms with Gasteiger partial charge in [0.2, 0.25) is 23.9 Å². The zero-order valence-corrected chi connectivity index (χ0v) is 25.5. The number of allylic oxidation sites excluding steroid dienone is 2. The lowest BCUT2D eigenvalue weighted by atomic mass is 9.62. The van der Waals surface area contributed by atoms with Crippen LogP contribution in [0.3, 0.4) is 0 Å². The first-order valence-electron chi connectivity index (χ1n) is 13.2. The van der Waals surface area contributed by atoms with Crippen molar-refractivity contribution >= 4 is 68.3 Å². The Morgan fingerprint density at radius 2 is 1.83 bits per heavy atom. The van der Waals surface area contributed by atoms with Gasteiger partial charge < -0.3 is 25.2 Å². The summed E-state index contributed by atoms with van der Waals surface area (Å²) in [6.45, 7) is 1.51. The predicted molar refractivity (Wildman–Crippen MR) is 157 cm³/mol. The summed E-state index contributed by atoms with van der Waals surface area (Å²) in [5, 5.41) is 16.6. The van der Waals surface area contributed by atoms with Crippen LogP contribution in [0, 0.1) is 12.3 Å². The fourth-order valence-electron chi connectivity index (χ4n) is 5.68. The summed E-state index contributed by atoms with van der Waals surface area (Å²) < 4.78 is 10.6. The first kappa shape index (κ1) is 30.1. The van der Waals surface area contributed by atoms with Gasteiger partial charge in [-0.25, -0.2) is 4.79 Å². The maximum absolute atomic E-state index is 13.8. The standard InChI is InChI=1S/C29H26BrCl2N3O7/c1-15-9-16(5-6-19(15)34-26(38)21-17(31)11-33-12-18(21)32)10-29(27(39)40,24(36)20-13-41-14-42-20)35-23-22(30)25(37)28(23)7-3-2-4-8-28/h5-6,9,11-13,35H,2-4,7-8,10,14H2,1H3,(H,34,38)(H,39,40)/t29-/m0/s1. The van der Waals surface area contributed by atoms with Gasteiger partial charge in [0.05, 0.1) is 25.5 Å². The first-order valence-corrected chi connectivity index (χ1v) is 14.7. The third-order valence-corrected chi connectivity index (χ3v) is 9.25. The van der Waals surface area contributed by atoms with Crippen LogP contribution in [0.5, 0.6) is 0 Å². The summed E-state index contributed by atoms with van der Waals surface area (Å²) in [5.74, 6) is -3.17. The Kier molecular flexibility index (Phi) is 8.37. The van der Waals surface area contributed by atoms with Gasteiger partial charge in [0.25, 0.3) is 5.91 Å². The van der Waals surface area contributed by atoms with Crippen molar-refractivity contribution in [1.82, 2.24) is 10.3 Å². The number of hydrogen-bond donors (Lipinski definition) is 3. The zero-order chi connectivity index (χ0) is 30.2. The smallest absolute Gasteiger partial charge is 0.338 e. The van der Waals surface area contributed by atoms with E-state index in [0.717, 1.165) is 25.5 Å². The van der Waals surface area contributed by atoms with E-state index in [0.29, 0.717) is 35.4 Å². The lowest BCUT2D eigenvalue weighted by Gasteiger charge is -2.48. The van der Waals surface area contributed by atoms with Gasteiger partial charge in [-0.05, 0) is 52.9 Å². The SMILES string of the molecule is Cc1cc(C[C@@](NC2=C(Br)C(=O)C23CCCCC3)(C(=O)O)C(=O)C2=COCO2)ccc1NC(=O)c1c(Cl)cncc1Cl. The van der Waals surface area contributed by atoms with E-state index in [1.807, 2.05) is 0 Å². The minimum absolute atomic E-state index is 0.0640. The number of Topliss-reactive ketones (excluding diaryl/α,β-unsaturated/α-hetero) is 2. The van der Waals surface area contributed by atoms with Crippen LogP contribution >= 0.6 is 39.1 Å². The number of nitrogens with one attached hydrogen (secondary N) is 2. The Labute approximate surface area is 259 Å². The van der Waals surface area contributed by atoms with Crippen LogP contribution < -0.4 is 10.6 Å². The molecule has 3 aliphatic rings. The summed E-state index contributed by atoms with van der Waals surface area (Å²) >= 11 is 15.6. The van der Waals surface area contributed by atoms with Crippen molar-refractivity contribution in [3.8, 4) is 0 Å². The van der Waals surface area contributed by atoms with E-state index in [1.165, 1.54) is 12.4 Å². The molecule has 220 valence electrons. The average Bonchev–Trinajstić information content (AvgIpc) is 3.51. The van der Waals surface area contributed by atoms with Gasteiger partial charge in [0.1, 0.15) is 6.26 Å². The molecule has 1 aromatic heterocycles. The van der Waals surface area contributed by atoms with Crippen molar-refractivity contribution in [3.63, 3.8) is 0 Å². The molecule has 3 N–H and O–H groups in total. The number of aliphatic carboxylic acids is 1. The Bertz CT molecular complexity index is 1550. The second-order valence-corrected chi connectivity index (χ2v) is 12.1. The van der Waals surface area contributed by atoms with Gasteiger partial charge in [-0.1, -0.05) is 54.6 Å². The molecule has 42 heavy (non-hydrogen) atoms. The molecule has 2 aliphatic carbocycles. The first-order chi connectivity index (χ1) is 20.0. The third-order valence-electron chi connectivity index (χ3n) is 7.92. The highest BCUT2D eigenvalue weighted by Crippen LogP contribution is 2.54. The number of carbonyl (C=O) groups is 4. The number of ether oxygens (including phenoxy) is 2.